The van der Waals surface area contributed by atoms with Crippen LogP contribution in [0.1, 0.15) is 25.7 Å². The largest absolute Gasteiger partial charge is 0.481 e. The summed E-state index contributed by atoms with van der Waals surface area (Å²) in [6.07, 6.45) is 1.73. The first-order valence-corrected chi connectivity index (χ1v) is 8.27. The van der Waals surface area contributed by atoms with Crippen molar-refractivity contribution in [2.75, 3.05) is 6.54 Å². The molecule has 112 valence electrons. The maximum atomic E-state index is 13.3. The molecule has 5 nitrogen and oxygen atoms in total. The van der Waals surface area contributed by atoms with Gasteiger partial charge in [-0.2, -0.15) is 0 Å². The van der Waals surface area contributed by atoms with Gasteiger partial charge in [-0.15, -0.1) is 0 Å². The number of hydrogen-bond acceptors (Lipinski definition) is 3. The third kappa shape index (κ3) is 5.56. The van der Waals surface area contributed by atoms with Crippen molar-refractivity contribution < 1.29 is 22.7 Å². The van der Waals surface area contributed by atoms with Gasteiger partial charge < -0.3 is 5.11 Å². The molecule has 20 heavy (non-hydrogen) atoms. The van der Waals surface area contributed by atoms with Crippen molar-refractivity contribution in [1.82, 2.24) is 4.72 Å². The topological polar surface area (TPSA) is 83.5 Å². The van der Waals surface area contributed by atoms with Crippen LogP contribution in [0.4, 0.5) is 4.39 Å². The van der Waals surface area contributed by atoms with Gasteiger partial charge in [0, 0.05) is 13.0 Å². The Bertz CT molecular complexity index is 577. The fourth-order valence-corrected chi connectivity index (χ4v) is 2.84. The molecule has 0 saturated heterocycles. The van der Waals surface area contributed by atoms with E-state index in [1.807, 2.05) is 0 Å². The van der Waals surface area contributed by atoms with Crippen LogP contribution in [0.3, 0.4) is 0 Å². The quantitative estimate of drug-likeness (QED) is 0.691. The molecule has 0 unspecified atom stereocenters. The number of aliphatic carboxylic acids is 1. The fraction of sp³-hybridized carbons (Fsp3) is 0.417. The van der Waals surface area contributed by atoms with E-state index in [0.29, 0.717) is 19.3 Å². The molecule has 1 aromatic rings. The van der Waals surface area contributed by atoms with Crippen molar-refractivity contribution >= 4 is 31.9 Å². The summed E-state index contributed by atoms with van der Waals surface area (Å²) < 4.78 is 39.5. The molecular weight excluding hydrogens is 353 g/mol. The summed E-state index contributed by atoms with van der Waals surface area (Å²) in [5, 5.41) is 8.45. The van der Waals surface area contributed by atoms with Gasteiger partial charge in [0.1, 0.15) is 5.82 Å². The van der Waals surface area contributed by atoms with Gasteiger partial charge in [-0.05, 0) is 47.0 Å². The molecule has 0 bridgehead atoms. The number of carboxylic acids is 1. The summed E-state index contributed by atoms with van der Waals surface area (Å²) in [6.45, 7) is 0.194. The van der Waals surface area contributed by atoms with Crippen LogP contribution in [0.5, 0.6) is 0 Å². The molecule has 0 aromatic heterocycles. The minimum absolute atomic E-state index is 0.0741. The van der Waals surface area contributed by atoms with E-state index in [-0.39, 0.29) is 22.3 Å². The van der Waals surface area contributed by atoms with E-state index in [1.165, 1.54) is 12.1 Å². The molecule has 0 atom stereocenters. The molecule has 0 spiro atoms. The van der Waals surface area contributed by atoms with Crippen LogP contribution in [-0.2, 0) is 14.8 Å². The predicted octanol–water partition coefficient (Wildman–Crippen LogP) is 2.51. The van der Waals surface area contributed by atoms with Crippen LogP contribution < -0.4 is 4.72 Å². The monoisotopic (exact) mass is 367 g/mol. The number of sulfonamides is 1. The number of nitrogens with one attached hydrogen (secondary N) is 1. The van der Waals surface area contributed by atoms with Gasteiger partial charge in [-0.1, -0.05) is 6.42 Å². The van der Waals surface area contributed by atoms with Crippen molar-refractivity contribution in [3.8, 4) is 0 Å². The molecule has 0 heterocycles. The Morgan fingerprint density at radius 2 is 2.00 bits per heavy atom. The van der Waals surface area contributed by atoms with Crippen LogP contribution in [-0.4, -0.2) is 26.0 Å². The minimum Gasteiger partial charge on any atom is -0.481 e. The highest BCUT2D eigenvalue weighted by atomic mass is 79.9. The van der Waals surface area contributed by atoms with E-state index >= 15 is 0 Å². The van der Waals surface area contributed by atoms with Crippen molar-refractivity contribution in [3.63, 3.8) is 0 Å². The van der Waals surface area contributed by atoms with E-state index < -0.39 is 21.8 Å². The van der Waals surface area contributed by atoms with Gasteiger partial charge in [-0.25, -0.2) is 17.5 Å². The lowest BCUT2D eigenvalue weighted by atomic mass is 10.2. The summed E-state index contributed by atoms with van der Waals surface area (Å²) in [7, 11) is -3.73. The molecule has 0 radical (unpaired) electrons. The van der Waals surface area contributed by atoms with Gasteiger partial charge in [0.05, 0.1) is 9.37 Å². The molecule has 0 aliphatic rings. The van der Waals surface area contributed by atoms with E-state index in [1.54, 1.807) is 0 Å². The second-order valence-electron chi connectivity index (χ2n) is 4.18. The molecule has 1 rings (SSSR count). The third-order valence-electron chi connectivity index (χ3n) is 2.56. The number of halogens is 2. The third-order valence-corrected chi connectivity index (χ3v) is 4.66. The van der Waals surface area contributed by atoms with Gasteiger partial charge in [-0.3, -0.25) is 4.79 Å². The van der Waals surface area contributed by atoms with Crippen LogP contribution in [0.15, 0.2) is 27.6 Å². The summed E-state index contributed by atoms with van der Waals surface area (Å²) in [5.74, 6) is -1.51. The normalized spacial score (nSPS) is 11.5. The number of hydrogen-bond donors (Lipinski definition) is 2. The maximum Gasteiger partial charge on any atom is 0.303 e. The number of carbonyl (C=O) groups is 1. The molecule has 0 saturated carbocycles. The van der Waals surface area contributed by atoms with Crippen LogP contribution in [0, 0.1) is 5.82 Å². The summed E-state index contributed by atoms with van der Waals surface area (Å²) >= 11 is 2.95. The zero-order valence-corrected chi connectivity index (χ0v) is 13.0. The standard InChI is InChI=1S/C12H15BrFNO4S/c13-10-6-5-9(8-11(10)14)20(18,19)15-7-3-1-2-4-12(16)17/h5-6,8,15H,1-4,7H2,(H,16,17). The van der Waals surface area contributed by atoms with E-state index in [0.717, 1.165) is 6.07 Å². The summed E-state index contributed by atoms with van der Waals surface area (Å²) in [5.41, 5.74) is 0. The lowest BCUT2D eigenvalue weighted by Gasteiger charge is -2.07. The first-order chi connectivity index (χ1) is 9.33. The second-order valence-corrected chi connectivity index (χ2v) is 6.80. The highest BCUT2D eigenvalue weighted by Gasteiger charge is 2.15. The molecule has 2 N–H and O–H groups in total. The SMILES string of the molecule is O=C(O)CCCCCNS(=O)(=O)c1ccc(Br)c(F)c1. The highest BCUT2D eigenvalue weighted by Crippen LogP contribution is 2.19. The van der Waals surface area contributed by atoms with Gasteiger partial charge in [0.15, 0.2) is 0 Å². The number of unbranched alkanes of at least 4 members (excludes halogenated alkanes) is 2. The molecule has 8 heteroatoms. The van der Waals surface area contributed by atoms with E-state index in [2.05, 4.69) is 20.7 Å². The van der Waals surface area contributed by atoms with Crippen LogP contribution in [0.25, 0.3) is 0 Å². The van der Waals surface area contributed by atoms with E-state index in [4.69, 9.17) is 5.11 Å². The second kappa shape index (κ2) is 7.70. The van der Waals surface area contributed by atoms with Gasteiger partial charge in [0.2, 0.25) is 10.0 Å². The predicted molar refractivity (Wildman–Crippen MR) is 75.4 cm³/mol. The Morgan fingerprint density at radius 1 is 1.30 bits per heavy atom. The zero-order valence-electron chi connectivity index (χ0n) is 10.6. The summed E-state index contributed by atoms with van der Waals surface area (Å²) in [4.78, 5) is 10.1. The van der Waals surface area contributed by atoms with Gasteiger partial charge >= 0.3 is 5.97 Å². The number of carboxylic acid groups (broad SMARTS) is 1. The Labute approximate surface area is 125 Å². The Balaban J connectivity index is 2.45. The van der Waals surface area contributed by atoms with Crippen molar-refractivity contribution in [2.45, 2.75) is 30.6 Å². The smallest absolute Gasteiger partial charge is 0.303 e. The molecule has 0 aliphatic heterocycles. The fourth-order valence-electron chi connectivity index (χ4n) is 1.51. The Kier molecular flexibility index (Phi) is 6.57. The maximum absolute atomic E-state index is 13.3. The average molecular weight is 368 g/mol. The number of rotatable bonds is 8. The van der Waals surface area contributed by atoms with Crippen molar-refractivity contribution in [3.05, 3.63) is 28.5 Å². The lowest BCUT2D eigenvalue weighted by molar-refractivity contribution is -0.137. The van der Waals surface area contributed by atoms with Crippen LogP contribution >= 0.6 is 15.9 Å². The Hall–Kier alpha value is -0.990. The zero-order chi connectivity index (χ0) is 15.2. The molecule has 0 fully saturated rings. The van der Waals surface area contributed by atoms with Crippen LogP contribution in [0.2, 0.25) is 0 Å². The first-order valence-electron chi connectivity index (χ1n) is 5.99. The highest BCUT2D eigenvalue weighted by molar-refractivity contribution is 9.10. The van der Waals surface area contributed by atoms with Crippen molar-refractivity contribution in [2.24, 2.45) is 0 Å². The summed E-state index contributed by atoms with van der Waals surface area (Å²) in [6, 6.07) is 3.58. The first kappa shape index (κ1) is 17.1. The van der Waals surface area contributed by atoms with Crippen molar-refractivity contribution in [1.29, 1.82) is 0 Å². The van der Waals surface area contributed by atoms with Gasteiger partial charge in [0.25, 0.3) is 0 Å². The molecule has 0 aliphatic carbocycles. The average Bonchev–Trinajstić information content (AvgIpc) is 2.36. The lowest BCUT2D eigenvalue weighted by Crippen LogP contribution is -2.24. The molecule has 1 aromatic carbocycles. The minimum atomic E-state index is -3.73. The Morgan fingerprint density at radius 3 is 2.60 bits per heavy atom. The van der Waals surface area contributed by atoms with E-state index in [9.17, 15) is 17.6 Å². The molecular formula is C12H15BrFNO4S. The number of benzene rings is 1. The molecule has 0 amide bonds.